The Morgan fingerprint density at radius 1 is 1.32 bits per heavy atom. The van der Waals surface area contributed by atoms with E-state index in [0.29, 0.717) is 11.8 Å². The molecule has 1 aliphatic carbocycles. The molecule has 0 unspecified atom stereocenters. The fraction of sp³-hybridized carbons (Fsp3) is 0.467. The van der Waals surface area contributed by atoms with Crippen molar-refractivity contribution in [3.63, 3.8) is 0 Å². The van der Waals surface area contributed by atoms with Crippen molar-refractivity contribution in [3.05, 3.63) is 30.3 Å². The molecule has 1 saturated carbocycles. The number of hydrogen-bond donors (Lipinski definition) is 1. The molecule has 0 saturated heterocycles. The van der Waals surface area contributed by atoms with Gasteiger partial charge in [-0.1, -0.05) is 6.07 Å². The van der Waals surface area contributed by atoms with E-state index in [1.807, 2.05) is 25.1 Å². The van der Waals surface area contributed by atoms with Gasteiger partial charge in [0.2, 0.25) is 5.75 Å². The van der Waals surface area contributed by atoms with Gasteiger partial charge in [-0.3, -0.25) is 0 Å². The van der Waals surface area contributed by atoms with Crippen molar-refractivity contribution in [1.29, 1.82) is 0 Å². The van der Waals surface area contributed by atoms with Crippen LogP contribution in [0.3, 0.4) is 0 Å². The van der Waals surface area contributed by atoms with Gasteiger partial charge in [-0.2, -0.15) is 4.89 Å². The summed E-state index contributed by atoms with van der Waals surface area (Å²) in [6.07, 6.45) is 4.04. The van der Waals surface area contributed by atoms with Crippen molar-refractivity contribution in [2.75, 3.05) is 0 Å². The van der Waals surface area contributed by atoms with E-state index in [9.17, 15) is 0 Å². The second-order valence-electron chi connectivity index (χ2n) is 5.01. The summed E-state index contributed by atoms with van der Waals surface area (Å²) in [6.45, 7) is 5.54. The molecular weight excluding hydrogens is 240 g/mol. The van der Waals surface area contributed by atoms with Gasteiger partial charge in [-0.15, -0.1) is 0 Å². The third-order valence-electron chi connectivity index (χ3n) is 3.41. The third kappa shape index (κ3) is 3.93. The average Bonchev–Trinajstić information content (AvgIpc) is 2.40. The van der Waals surface area contributed by atoms with E-state index in [-0.39, 0.29) is 6.10 Å². The first kappa shape index (κ1) is 13.8. The molecule has 1 aliphatic rings. The maximum absolute atomic E-state index is 5.50. The Kier molecular flexibility index (Phi) is 4.74. The first-order valence-corrected chi connectivity index (χ1v) is 6.67. The molecule has 2 rings (SSSR count). The maximum atomic E-state index is 5.50. The monoisotopic (exact) mass is 261 g/mol. The molecule has 4 heteroatoms. The summed E-state index contributed by atoms with van der Waals surface area (Å²) in [5, 5.41) is 0. The van der Waals surface area contributed by atoms with Crippen LogP contribution in [0.5, 0.6) is 5.75 Å². The average molecular weight is 261 g/mol. The summed E-state index contributed by atoms with van der Waals surface area (Å²) in [7, 11) is 0. The van der Waals surface area contributed by atoms with Gasteiger partial charge in [0.25, 0.3) is 0 Å². The third-order valence-corrected chi connectivity index (χ3v) is 3.41. The summed E-state index contributed by atoms with van der Waals surface area (Å²) < 4.78 is 0. The van der Waals surface area contributed by atoms with Gasteiger partial charge in [0.05, 0.1) is 6.04 Å². The summed E-state index contributed by atoms with van der Waals surface area (Å²) in [4.78, 5) is 15.1. The first-order chi connectivity index (χ1) is 9.19. The molecule has 19 heavy (non-hydrogen) atoms. The number of hydrogen-bond acceptors (Lipinski definition) is 3. The van der Waals surface area contributed by atoms with Gasteiger partial charge in [0.15, 0.2) is 5.69 Å². The van der Waals surface area contributed by atoms with Crippen molar-refractivity contribution in [1.82, 2.24) is 0 Å². The van der Waals surface area contributed by atoms with Crippen molar-refractivity contribution in [3.8, 4) is 5.75 Å². The number of benzene rings is 1. The number of aliphatic imine (C=N–C) groups is 1. The fourth-order valence-corrected chi connectivity index (χ4v) is 2.31. The molecule has 0 aromatic heterocycles. The Morgan fingerprint density at radius 3 is 2.68 bits per heavy atom. The molecule has 0 spiro atoms. The van der Waals surface area contributed by atoms with Gasteiger partial charge in [0, 0.05) is 6.07 Å². The highest BCUT2D eigenvalue weighted by Gasteiger charge is 2.22. The zero-order chi connectivity index (χ0) is 13.7. The highest BCUT2D eigenvalue weighted by atomic mass is 17.2. The molecule has 0 radical (unpaired) electrons. The Hall–Kier alpha value is -1.61. The lowest BCUT2D eigenvalue weighted by molar-refractivity contribution is -0.281. The number of aryl methyl sites for hydroxylation is 1. The second-order valence-corrected chi connectivity index (χ2v) is 5.01. The molecule has 1 aromatic rings. The minimum atomic E-state index is 0.136. The standard InChI is InChI=1S/C15H20N2O2/c1-3-17-12-5-7-13(8-6-12)18-19-15-9-4-11(2)10-14(15)16/h4,9-10,12-13H,1,5-8,16H2,2H3/p+1. The lowest BCUT2D eigenvalue weighted by Crippen LogP contribution is -2.40. The molecule has 0 heterocycles. The van der Waals surface area contributed by atoms with Gasteiger partial charge in [0.1, 0.15) is 6.10 Å². The van der Waals surface area contributed by atoms with Crippen LogP contribution in [-0.2, 0) is 4.89 Å². The van der Waals surface area contributed by atoms with E-state index >= 15 is 0 Å². The molecule has 0 atom stereocenters. The Bertz CT molecular complexity index is 473. The second kappa shape index (κ2) is 6.53. The summed E-state index contributed by atoms with van der Waals surface area (Å²) in [6, 6.07) is 6.21. The lowest BCUT2D eigenvalue weighted by Gasteiger charge is -2.24. The van der Waals surface area contributed by atoms with Crippen LogP contribution in [0, 0.1) is 6.92 Å². The van der Waals surface area contributed by atoms with E-state index in [0.717, 1.165) is 31.4 Å². The number of quaternary nitrogens is 1. The molecule has 0 aliphatic heterocycles. The van der Waals surface area contributed by atoms with E-state index in [2.05, 4.69) is 23.2 Å². The van der Waals surface area contributed by atoms with Crippen LogP contribution < -0.4 is 10.6 Å². The SMILES string of the molecule is C=C=NC1CCC(OOc2ccc(C)cc2[NH3+])CC1. The summed E-state index contributed by atoms with van der Waals surface area (Å²) in [5.74, 6) is 3.31. The predicted octanol–water partition coefficient (Wildman–Crippen LogP) is 2.35. The molecule has 0 bridgehead atoms. The van der Waals surface area contributed by atoms with Crippen molar-refractivity contribution in [2.24, 2.45) is 4.99 Å². The highest BCUT2D eigenvalue weighted by Crippen LogP contribution is 2.26. The molecule has 1 fully saturated rings. The van der Waals surface area contributed by atoms with Crippen LogP contribution >= 0.6 is 0 Å². The van der Waals surface area contributed by atoms with Gasteiger partial charge in [-0.25, -0.2) is 4.99 Å². The first-order valence-electron chi connectivity index (χ1n) is 6.67. The molecule has 4 nitrogen and oxygen atoms in total. The fourth-order valence-electron chi connectivity index (χ4n) is 2.31. The van der Waals surface area contributed by atoms with Crippen LogP contribution in [-0.4, -0.2) is 18.0 Å². The van der Waals surface area contributed by atoms with Crippen LogP contribution in [0.25, 0.3) is 0 Å². The van der Waals surface area contributed by atoms with E-state index in [4.69, 9.17) is 9.78 Å². The molecular formula is C15H21N2O2+. The quantitative estimate of drug-likeness (QED) is 0.514. The Labute approximate surface area is 113 Å². The molecule has 0 amide bonds. The minimum absolute atomic E-state index is 0.136. The van der Waals surface area contributed by atoms with Crippen molar-refractivity contribution in [2.45, 2.75) is 44.8 Å². The highest BCUT2D eigenvalue weighted by molar-refractivity contribution is 5.47. The van der Waals surface area contributed by atoms with Crippen LogP contribution in [0.4, 0.5) is 5.69 Å². The smallest absolute Gasteiger partial charge is 0.225 e. The van der Waals surface area contributed by atoms with Crippen LogP contribution in [0.1, 0.15) is 31.2 Å². The summed E-state index contributed by atoms with van der Waals surface area (Å²) >= 11 is 0. The Morgan fingerprint density at radius 2 is 2.05 bits per heavy atom. The minimum Gasteiger partial charge on any atom is -0.331 e. The molecule has 1 aromatic carbocycles. The zero-order valence-electron chi connectivity index (χ0n) is 11.4. The van der Waals surface area contributed by atoms with E-state index < -0.39 is 0 Å². The number of nitrogens with zero attached hydrogens (tertiary/aromatic N) is 1. The van der Waals surface area contributed by atoms with Gasteiger partial charge >= 0.3 is 0 Å². The zero-order valence-corrected chi connectivity index (χ0v) is 11.4. The van der Waals surface area contributed by atoms with E-state index in [1.54, 1.807) is 0 Å². The summed E-state index contributed by atoms with van der Waals surface area (Å²) in [5.41, 5.74) is 5.96. The lowest BCUT2D eigenvalue weighted by atomic mass is 9.94. The topological polar surface area (TPSA) is 58.5 Å². The van der Waals surface area contributed by atoms with Crippen molar-refractivity contribution >= 4 is 11.6 Å². The Balaban J connectivity index is 1.82. The predicted molar refractivity (Wildman–Crippen MR) is 74.5 cm³/mol. The van der Waals surface area contributed by atoms with Crippen LogP contribution in [0.15, 0.2) is 29.8 Å². The van der Waals surface area contributed by atoms with Crippen LogP contribution in [0.2, 0.25) is 0 Å². The van der Waals surface area contributed by atoms with E-state index in [1.165, 1.54) is 5.56 Å². The van der Waals surface area contributed by atoms with Crippen molar-refractivity contribution < 1.29 is 15.5 Å². The number of rotatable bonds is 4. The molecule has 102 valence electrons. The normalized spacial score (nSPS) is 22.6. The van der Waals surface area contributed by atoms with Gasteiger partial charge < -0.3 is 10.6 Å². The molecule has 3 N–H and O–H groups in total. The van der Waals surface area contributed by atoms with Gasteiger partial charge in [-0.05, 0) is 56.7 Å². The largest absolute Gasteiger partial charge is 0.331 e. The maximum Gasteiger partial charge on any atom is 0.225 e.